The summed E-state index contributed by atoms with van der Waals surface area (Å²) in [5.74, 6) is 0.892. The number of nitrogens with one attached hydrogen (secondary N) is 3. The van der Waals surface area contributed by atoms with Gasteiger partial charge in [-0.2, -0.15) is 0 Å². The second kappa shape index (κ2) is 14.3. The Hall–Kier alpha value is -1.84. The van der Waals surface area contributed by atoms with Gasteiger partial charge in [-0.1, -0.05) is 42.5 Å². The predicted molar refractivity (Wildman–Crippen MR) is 145 cm³/mol. The molecule has 0 aromatic heterocycles. The van der Waals surface area contributed by atoms with E-state index in [-0.39, 0.29) is 24.0 Å². The molecule has 2 unspecified atom stereocenters. The zero-order chi connectivity index (χ0) is 21.9. The van der Waals surface area contributed by atoms with Crippen molar-refractivity contribution in [3.05, 3.63) is 65.7 Å². The molecule has 1 fully saturated rings. The van der Waals surface area contributed by atoms with Gasteiger partial charge in [-0.3, -0.25) is 4.90 Å². The number of rotatable bonds is 10. The minimum atomic E-state index is 0. The average molecular weight is 552 g/mol. The molecule has 176 valence electrons. The molecule has 6 nitrogen and oxygen atoms in total. The molecule has 1 saturated heterocycles. The van der Waals surface area contributed by atoms with Gasteiger partial charge in [-0.25, -0.2) is 4.99 Å². The molecule has 0 radical (unpaired) electrons. The Bertz CT molecular complexity index is 800. The van der Waals surface area contributed by atoms with Crippen LogP contribution in [0.1, 0.15) is 31.4 Å². The molecule has 1 heterocycles. The molecule has 2 atom stereocenters. The molecule has 0 bridgehead atoms. The Morgan fingerprint density at radius 3 is 2.53 bits per heavy atom. The van der Waals surface area contributed by atoms with Crippen LogP contribution in [0.3, 0.4) is 0 Å². The second-order valence-electron chi connectivity index (χ2n) is 8.15. The maximum absolute atomic E-state index is 5.08. The maximum Gasteiger partial charge on any atom is 0.191 e. The topological polar surface area (TPSA) is 60.9 Å². The highest BCUT2D eigenvalue weighted by Gasteiger charge is 2.29. The van der Waals surface area contributed by atoms with Crippen molar-refractivity contribution in [2.75, 3.05) is 38.7 Å². The molecule has 32 heavy (non-hydrogen) atoms. The van der Waals surface area contributed by atoms with Gasteiger partial charge in [-0.15, -0.1) is 24.0 Å². The Morgan fingerprint density at radius 2 is 1.84 bits per heavy atom. The normalized spacial score (nSPS) is 18.8. The lowest BCUT2D eigenvalue weighted by Crippen LogP contribution is -2.44. The highest BCUT2D eigenvalue weighted by atomic mass is 127. The van der Waals surface area contributed by atoms with Crippen molar-refractivity contribution in [1.29, 1.82) is 0 Å². The molecular formula is C25H38IN5O. The summed E-state index contributed by atoms with van der Waals surface area (Å²) in [4.78, 5) is 7.37. The van der Waals surface area contributed by atoms with Gasteiger partial charge in [0, 0.05) is 51.1 Å². The van der Waals surface area contributed by atoms with Crippen molar-refractivity contribution in [3.63, 3.8) is 0 Å². The number of ether oxygens (including phenoxy) is 1. The van der Waals surface area contributed by atoms with E-state index in [1.54, 1.807) is 7.11 Å². The largest absolute Gasteiger partial charge is 0.383 e. The van der Waals surface area contributed by atoms with Crippen LogP contribution in [-0.2, 0) is 17.8 Å². The van der Waals surface area contributed by atoms with E-state index in [4.69, 9.17) is 9.73 Å². The van der Waals surface area contributed by atoms with E-state index in [1.165, 1.54) is 11.1 Å². The Balaban J connectivity index is 0.00000363. The van der Waals surface area contributed by atoms with Crippen molar-refractivity contribution in [1.82, 2.24) is 15.5 Å². The standard InChI is InChI=1S/C25H37N5O.HI/c1-4-26-25(28-17-21-10-12-23(13-11-21)27-14-15-31-3)29-24-16-20(2)30(19-24)18-22-8-6-5-7-9-22;/h5-13,20,24,27H,4,14-19H2,1-3H3,(H2,26,28,29);1H. The van der Waals surface area contributed by atoms with Crippen LogP contribution in [-0.4, -0.2) is 56.3 Å². The van der Waals surface area contributed by atoms with Crippen LogP contribution in [0.4, 0.5) is 5.69 Å². The monoisotopic (exact) mass is 551 g/mol. The van der Waals surface area contributed by atoms with Gasteiger partial charge in [0.2, 0.25) is 0 Å². The van der Waals surface area contributed by atoms with E-state index in [2.05, 4.69) is 89.3 Å². The summed E-state index contributed by atoms with van der Waals surface area (Å²) in [6.07, 6.45) is 1.12. The minimum absolute atomic E-state index is 0. The Labute approximate surface area is 210 Å². The summed E-state index contributed by atoms with van der Waals surface area (Å²) in [6.45, 7) is 9.47. The zero-order valence-electron chi connectivity index (χ0n) is 19.5. The third-order valence-electron chi connectivity index (χ3n) is 5.63. The average Bonchev–Trinajstić information content (AvgIpc) is 3.12. The van der Waals surface area contributed by atoms with E-state index in [9.17, 15) is 0 Å². The summed E-state index contributed by atoms with van der Waals surface area (Å²) in [5.41, 5.74) is 3.67. The van der Waals surface area contributed by atoms with E-state index in [1.807, 2.05) is 0 Å². The summed E-state index contributed by atoms with van der Waals surface area (Å²) in [6, 6.07) is 20.1. The fraction of sp³-hybridized carbons (Fsp3) is 0.480. The molecule has 1 aliphatic heterocycles. The van der Waals surface area contributed by atoms with Crippen LogP contribution >= 0.6 is 24.0 Å². The molecule has 3 N–H and O–H groups in total. The van der Waals surface area contributed by atoms with E-state index in [0.29, 0.717) is 25.2 Å². The smallest absolute Gasteiger partial charge is 0.191 e. The molecule has 7 heteroatoms. The summed E-state index contributed by atoms with van der Waals surface area (Å²) < 4.78 is 5.08. The lowest BCUT2D eigenvalue weighted by atomic mass is 10.2. The van der Waals surface area contributed by atoms with Crippen LogP contribution in [0.25, 0.3) is 0 Å². The third-order valence-corrected chi connectivity index (χ3v) is 5.63. The first kappa shape index (κ1) is 26.4. The number of methoxy groups -OCH3 is 1. The predicted octanol–water partition coefficient (Wildman–Crippen LogP) is 4.08. The zero-order valence-corrected chi connectivity index (χ0v) is 21.8. The van der Waals surface area contributed by atoms with Crippen LogP contribution in [0.2, 0.25) is 0 Å². The lowest BCUT2D eigenvalue weighted by molar-refractivity contribution is 0.211. The van der Waals surface area contributed by atoms with Gasteiger partial charge in [0.25, 0.3) is 0 Å². The van der Waals surface area contributed by atoms with Crippen molar-refractivity contribution >= 4 is 35.6 Å². The molecule has 3 rings (SSSR count). The number of guanidine groups is 1. The second-order valence-corrected chi connectivity index (χ2v) is 8.15. The molecule has 2 aromatic rings. The van der Waals surface area contributed by atoms with Crippen molar-refractivity contribution in [2.45, 2.75) is 45.4 Å². The molecule has 2 aromatic carbocycles. The van der Waals surface area contributed by atoms with Gasteiger partial charge in [-0.05, 0) is 43.5 Å². The van der Waals surface area contributed by atoms with Gasteiger partial charge >= 0.3 is 0 Å². The van der Waals surface area contributed by atoms with Gasteiger partial charge in [0.1, 0.15) is 0 Å². The molecular weight excluding hydrogens is 513 g/mol. The van der Waals surface area contributed by atoms with Gasteiger partial charge in [0.15, 0.2) is 5.96 Å². The van der Waals surface area contributed by atoms with Crippen LogP contribution in [0.5, 0.6) is 0 Å². The highest BCUT2D eigenvalue weighted by molar-refractivity contribution is 14.0. The number of likely N-dealkylation sites (tertiary alicyclic amines) is 1. The van der Waals surface area contributed by atoms with Gasteiger partial charge in [0.05, 0.1) is 13.2 Å². The first-order valence-corrected chi connectivity index (χ1v) is 11.3. The Morgan fingerprint density at radius 1 is 1.09 bits per heavy atom. The summed E-state index contributed by atoms with van der Waals surface area (Å²) >= 11 is 0. The number of nitrogens with zero attached hydrogens (tertiary/aromatic N) is 2. The van der Waals surface area contributed by atoms with Crippen molar-refractivity contribution in [2.24, 2.45) is 4.99 Å². The molecule has 0 aliphatic carbocycles. The quantitative estimate of drug-likeness (QED) is 0.180. The van der Waals surface area contributed by atoms with E-state index < -0.39 is 0 Å². The van der Waals surface area contributed by atoms with Crippen LogP contribution < -0.4 is 16.0 Å². The van der Waals surface area contributed by atoms with Crippen molar-refractivity contribution < 1.29 is 4.74 Å². The summed E-state index contributed by atoms with van der Waals surface area (Å²) in [7, 11) is 1.71. The first-order chi connectivity index (χ1) is 15.2. The fourth-order valence-electron chi connectivity index (χ4n) is 3.95. The minimum Gasteiger partial charge on any atom is -0.383 e. The fourth-order valence-corrected chi connectivity index (χ4v) is 3.95. The number of halogens is 1. The third kappa shape index (κ3) is 8.60. The molecule has 0 amide bonds. The maximum atomic E-state index is 5.08. The number of hydrogen-bond acceptors (Lipinski definition) is 4. The number of hydrogen-bond donors (Lipinski definition) is 3. The molecule has 1 aliphatic rings. The van der Waals surface area contributed by atoms with Gasteiger partial charge < -0.3 is 20.7 Å². The summed E-state index contributed by atoms with van der Waals surface area (Å²) in [5, 5.41) is 10.4. The van der Waals surface area contributed by atoms with E-state index >= 15 is 0 Å². The SMILES string of the molecule is CCNC(=NCc1ccc(NCCOC)cc1)NC1CC(C)N(Cc2ccccc2)C1.I. The lowest BCUT2D eigenvalue weighted by Gasteiger charge is -2.21. The first-order valence-electron chi connectivity index (χ1n) is 11.3. The molecule has 0 spiro atoms. The highest BCUT2D eigenvalue weighted by Crippen LogP contribution is 2.20. The van der Waals surface area contributed by atoms with Crippen LogP contribution in [0.15, 0.2) is 59.6 Å². The van der Waals surface area contributed by atoms with Crippen LogP contribution in [0, 0.1) is 0 Å². The van der Waals surface area contributed by atoms with E-state index in [0.717, 1.165) is 44.2 Å². The van der Waals surface area contributed by atoms with Crippen molar-refractivity contribution in [3.8, 4) is 0 Å². The molecule has 0 saturated carbocycles. The number of aliphatic imine (C=N–C) groups is 1. The number of benzene rings is 2. The Kier molecular flexibility index (Phi) is 11.8. The number of anilines is 1.